The zero-order valence-corrected chi connectivity index (χ0v) is 13.3. The number of nitrogen functional groups attached to an aromatic ring is 1. The molecule has 2 aromatic carbocycles. The number of hydrogen-bond acceptors (Lipinski definition) is 3. The molecule has 2 aromatic rings. The molecule has 0 aliphatic heterocycles. The average Bonchev–Trinajstić information content (AvgIpc) is 2.40. The molecule has 0 atom stereocenters. The van der Waals surface area contributed by atoms with Crippen LogP contribution in [0.3, 0.4) is 0 Å². The van der Waals surface area contributed by atoms with Crippen molar-refractivity contribution < 1.29 is 4.79 Å². The van der Waals surface area contributed by atoms with Crippen molar-refractivity contribution >= 4 is 49.1 Å². The van der Waals surface area contributed by atoms with E-state index in [1.807, 2.05) is 6.07 Å². The summed E-state index contributed by atoms with van der Waals surface area (Å²) in [4.78, 5) is 12.2. The monoisotopic (exact) mass is 393 g/mol. The lowest BCUT2D eigenvalue weighted by molar-refractivity contribution is 0.102. The molecule has 1 amide bonds. The summed E-state index contributed by atoms with van der Waals surface area (Å²) >= 11 is 6.66. The summed E-state index contributed by atoms with van der Waals surface area (Å²) in [6.45, 7) is 0. The minimum atomic E-state index is -0.300. The van der Waals surface area contributed by atoms with Crippen LogP contribution < -0.4 is 11.1 Å². The number of carbonyl (C=O) groups excluding carboxylic acids is 1. The zero-order chi connectivity index (χ0) is 14.7. The van der Waals surface area contributed by atoms with Gasteiger partial charge in [-0.1, -0.05) is 15.9 Å². The topological polar surface area (TPSA) is 78.9 Å². The van der Waals surface area contributed by atoms with Crippen LogP contribution in [0.1, 0.15) is 15.9 Å². The first-order valence-corrected chi connectivity index (χ1v) is 7.16. The molecule has 0 spiro atoms. The fraction of sp³-hybridized carbons (Fsp3) is 0. The van der Waals surface area contributed by atoms with Crippen LogP contribution in [0.4, 0.5) is 11.4 Å². The van der Waals surface area contributed by atoms with Crippen LogP contribution in [0, 0.1) is 11.3 Å². The van der Waals surface area contributed by atoms with Gasteiger partial charge < -0.3 is 11.1 Å². The quantitative estimate of drug-likeness (QED) is 0.757. The molecule has 0 unspecified atom stereocenters. The zero-order valence-electron chi connectivity index (χ0n) is 10.2. The van der Waals surface area contributed by atoms with Crippen LogP contribution in [0.2, 0.25) is 0 Å². The van der Waals surface area contributed by atoms with E-state index in [0.29, 0.717) is 27.0 Å². The van der Waals surface area contributed by atoms with E-state index in [2.05, 4.69) is 37.2 Å². The maximum atomic E-state index is 12.2. The van der Waals surface area contributed by atoms with Crippen molar-refractivity contribution in [2.24, 2.45) is 0 Å². The van der Waals surface area contributed by atoms with Crippen LogP contribution in [0.15, 0.2) is 45.3 Å². The van der Waals surface area contributed by atoms with Gasteiger partial charge in [0, 0.05) is 14.6 Å². The molecule has 0 aromatic heterocycles. The van der Waals surface area contributed by atoms with Crippen molar-refractivity contribution in [3.63, 3.8) is 0 Å². The maximum Gasteiger partial charge on any atom is 0.256 e. The number of anilines is 2. The molecule has 100 valence electrons. The summed E-state index contributed by atoms with van der Waals surface area (Å²) in [7, 11) is 0. The second-order valence-electron chi connectivity index (χ2n) is 4.00. The molecule has 0 saturated heterocycles. The normalized spacial score (nSPS) is 9.85. The Hall–Kier alpha value is -1.84. The number of rotatable bonds is 2. The predicted molar refractivity (Wildman–Crippen MR) is 85.4 cm³/mol. The van der Waals surface area contributed by atoms with Crippen molar-refractivity contribution in [1.82, 2.24) is 0 Å². The SMILES string of the molecule is N#Cc1cc(N)ccc1NC(=O)c1ccc(Br)cc1Br. The molecule has 0 saturated carbocycles. The van der Waals surface area contributed by atoms with Crippen molar-refractivity contribution in [3.8, 4) is 6.07 Å². The molecule has 0 aliphatic rings. The van der Waals surface area contributed by atoms with Crippen LogP contribution in [0.5, 0.6) is 0 Å². The van der Waals surface area contributed by atoms with Gasteiger partial charge in [0.15, 0.2) is 0 Å². The van der Waals surface area contributed by atoms with Crippen LogP contribution >= 0.6 is 31.9 Å². The summed E-state index contributed by atoms with van der Waals surface area (Å²) in [5.74, 6) is -0.300. The molecule has 2 rings (SSSR count). The Balaban J connectivity index is 2.31. The number of hydrogen-bond donors (Lipinski definition) is 2. The maximum absolute atomic E-state index is 12.2. The molecule has 0 aliphatic carbocycles. The molecule has 6 heteroatoms. The fourth-order valence-electron chi connectivity index (χ4n) is 1.63. The van der Waals surface area contributed by atoms with E-state index in [1.165, 1.54) is 6.07 Å². The van der Waals surface area contributed by atoms with Gasteiger partial charge >= 0.3 is 0 Å². The molecular formula is C14H9Br2N3O. The Morgan fingerprint density at radius 2 is 1.95 bits per heavy atom. The highest BCUT2D eigenvalue weighted by Crippen LogP contribution is 2.24. The first-order chi connectivity index (χ1) is 9.51. The number of carbonyl (C=O) groups is 1. The van der Waals surface area contributed by atoms with Gasteiger partial charge in [-0.15, -0.1) is 0 Å². The Morgan fingerprint density at radius 1 is 1.20 bits per heavy atom. The molecule has 4 nitrogen and oxygen atoms in total. The number of nitrogens with two attached hydrogens (primary N) is 1. The number of benzene rings is 2. The highest BCUT2D eigenvalue weighted by Gasteiger charge is 2.12. The number of amides is 1. The summed E-state index contributed by atoms with van der Waals surface area (Å²) in [5, 5.41) is 11.7. The van der Waals surface area contributed by atoms with E-state index < -0.39 is 0 Å². The van der Waals surface area contributed by atoms with E-state index in [0.717, 1.165) is 4.47 Å². The van der Waals surface area contributed by atoms with Gasteiger partial charge in [0.1, 0.15) is 6.07 Å². The third-order valence-electron chi connectivity index (χ3n) is 2.59. The summed E-state index contributed by atoms with van der Waals surface area (Å²) in [6, 6.07) is 12.0. The second kappa shape index (κ2) is 6.07. The van der Waals surface area contributed by atoms with Crippen molar-refractivity contribution in [3.05, 3.63) is 56.5 Å². The highest BCUT2D eigenvalue weighted by molar-refractivity contribution is 9.11. The first-order valence-electron chi connectivity index (χ1n) is 5.57. The van der Waals surface area contributed by atoms with Gasteiger partial charge in [0.25, 0.3) is 5.91 Å². The average molecular weight is 395 g/mol. The first kappa shape index (κ1) is 14.6. The Bertz CT molecular complexity index is 723. The standard InChI is InChI=1S/C14H9Br2N3O/c15-9-1-3-11(12(16)6-9)14(20)19-13-4-2-10(18)5-8(13)7-17/h1-6H,18H2,(H,19,20). The van der Waals surface area contributed by atoms with E-state index in [-0.39, 0.29) is 5.91 Å². The van der Waals surface area contributed by atoms with E-state index in [9.17, 15) is 4.79 Å². The molecule has 3 N–H and O–H groups in total. The smallest absolute Gasteiger partial charge is 0.256 e. The number of halogens is 2. The molecule has 0 bridgehead atoms. The molecule has 0 heterocycles. The van der Waals surface area contributed by atoms with E-state index in [4.69, 9.17) is 11.0 Å². The van der Waals surface area contributed by atoms with Crippen molar-refractivity contribution in [2.75, 3.05) is 11.1 Å². The Kier molecular flexibility index (Phi) is 4.42. The van der Waals surface area contributed by atoms with Crippen molar-refractivity contribution in [1.29, 1.82) is 5.26 Å². The summed E-state index contributed by atoms with van der Waals surface area (Å²) < 4.78 is 1.53. The van der Waals surface area contributed by atoms with Crippen LogP contribution in [-0.4, -0.2) is 5.91 Å². The van der Waals surface area contributed by atoms with E-state index in [1.54, 1.807) is 30.3 Å². The van der Waals surface area contributed by atoms with Crippen molar-refractivity contribution in [2.45, 2.75) is 0 Å². The largest absolute Gasteiger partial charge is 0.399 e. The molecular weight excluding hydrogens is 386 g/mol. The fourth-order valence-corrected chi connectivity index (χ4v) is 2.85. The molecule has 0 fully saturated rings. The number of nitriles is 1. The van der Waals surface area contributed by atoms with Gasteiger partial charge in [-0.05, 0) is 52.3 Å². The molecule has 20 heavy (non-hydrogen) atoms. The highest BCUT2D eigenvalue weighted by atomic mass is 79.9. The second-order valence-corrected chi connectivity index (χ2v) is 5.77. The third kappa shape index (κ3) is 3.18. The number of nitrogens with one attached hydrogen (secondary N) is 1. The summed E-state index contributed by atoms with van der Waals surface area (Å²) in [5.41, 5.74) is 7.32. The van der Waals surface area contributed by atoms with Crippen LogP contribution in [0.25, 0.3) is 0 Å². The molecule has 0 radical (unpaired) electrons. The lowest BCUT2D eigenvalue weighted by Gasteiger charge is -2.09. The minimum absolute atomic E-state index is 0.300. The summed E-state index contributed by atoms with van der Waals surface area (Å²) in [6.07, 6.45) is 0. The lowest BCUT2D eigenvalue weighted by atomic mass is 10.1. The van der Waals surface area contributed by atoms with Gasteiger partial charge in [0.05, 0.1) is 16.8 Å². The lowest BCUT2D eigenvalue weighted by Crippen LogP contribution is -2.13. The van der Waals surface area contributed by atoms with Gasteiger partial charge in [-0.2, -0.15) is 5.26 Å². The van der Waals surface area contributed by atoms with Gasteiger partial charge in [-0.3, -0.25) is 4.79 Å². The van der Waals surface area contributed by atoms with Gasteiger partial charge in [-0.25, -0.2) is 0 Å². The number of nitrogens with zero attached hydrogens (tertiary/aromatic N) is 1. The van der Waals surface area contributed by atoms with E-state index >= 15 is 0 Å². The van der Waals surface area contributed by atoms with Crippen LogP contribution in [-0.2, 0) is 0 Å². The third-order valence-corrected chi connectivity index (χ3v) is 3.74. The Labute approximate surface area is 132 Å². The Morgan fingerprint density at radius 3 is 2.60 bits per heavy atom. The predicted octanol–water partition coefficient (Wildman–Crippen LogP) is 3.92. The minimum Gasteiger partial charge on any atom is -0.399 e. The van der Waals surface area contributed by atoms with Gasteiger partial charge in [0.2, 0.25) is 0 Å².